The number of amides is 1. The molecule has 5 nitrogen and oxygen atoms in total. The maximum absolute atomic E-state index is 11.8. The third-order valence-electron chi connectivity index (χ3n) is 2.71. The van der Waals surface area contributed by atoms with E-state index in [1.807, 2.05) is 30.1 Å². The molecule has 1 amide bonds. The Morgan fingerprint density at radius 3 is 2.95 bits per heavy atom. The number of hydrogen-bond acceptors (Lipinski definition) is 5. The van der Waals surface area contributed by atoms with Gasteiger partial charge in [-0.05, 0) is 12.6 Å². The van der Waals surface area contributed by atoms with Gasteiger partial charge in [-0.2, -0.15) is 0 Å². The molecule has 0 saturated carbocycles. The Bertz CT molecular complexity index is 584. The lowest BCUT2D eigenvalue weighted by Gasteiger charge is -2.16. The molecule has 20 heavy (non-hydrogen) atoms. The number of benzene rings is 1. The summed E-state index contributed by atoms with van der Waals surface area (Å²) in [6, 6.07) is 7.36. The van der Waals surface area contributed by atoms with Gasteiger partial charge in [0.2, 0.25) is 5.91 Å². The minimum atomic E-state index is -0.119. The lowest BCUT2D eigenvalue weighted by atomic mass is 10.1. The molecular formula is C14H15N3O2S. The van der Waals surface area contributed by atoms with Crippen molar-refractivity contribution in [3.8, 4) is 0 Å². The molecule has 1 heterocycles. The highest BCUT2D eigenvalue weighted by molar-refractivity contribution is 7.13. The first kappa shape index (κ1) is 14.4. The normalized spacial score (nSPS) is 10.5. The van der Waals surface area contributed by atoms with Gasteiger partial charge in [-0.3, -0.25) is 14.5 Å². The maximum atomic E-state index is 11.8. The van der Waals surface area contributed by atoms with E-state index in [1.165, 1.54) is 11.3 Å². The highest BCUT2D eigenvalue weighted by Crippen LogP contribution is 2.11. The Labute approximate surface area is 121 Å². The zero-order valence-corrected chi connectivity index (χ0v) is 11.9. The van der Waals surface area contributed by atoms with Crippen molar-refractivity contribution in [2.24, 2.45) is 0 Å². The van der Waals surface area contributed by atoms with Crippen molar-refractivity contribution in [2.75, 3.05) is 18.9 Å². The average Bonchev–Trinajstić information content (AvgIpc) is 2.91. The zero-order valence-electron chi connectivity index (χ0n) is 11.1. The molecule has 0 radical (unpaired) electrons. The molecular weight excluding hydrogens is 274 g/mol. The van der Waals surface area contributed by atoms with E-state index in [1.54, 1.807) is 17.6 Å². The first-order chi connectivity index (χ1) is 9.69. The van der Waals surface area contributed by atoms with Crippen molar-refractivity contribution in [2.45, 2.75) is 6.54 Å². The first-order valence-corrected chi connectivity index (χ1v) is 6.98. The summed E-state index contributed by atoms with van der Waals surface area (Å²) < 4.78 is 0. The number of anilines is 1. The lowest BCUT2D eigenvalue weighted by Crippen LogP contribution is -2.30. The van der Waals surface area contributed by atoms with Crippen molar-refractivity contribution in [1.82, 2.24) is 9.88 Å². The zero-order chi connectivity index (χ0) is 14.4. The predicted octanol–water partition coefficient (Wildman–Crippen LogP) is 2.03. The van der Waals surface area contributed by atoms with Crippen LogP contribution in [-0.4, -0.2) is 35.7 Å². The van der Waals surface area contributed by atoms with Crippen LogP contribution in [0.2, 0.25) is 0 Å². The molecule has 1 N–H and O–H groups in total. The second-order valence-corrected chi connectivity index (χ2v) is 5.27. The third-order valence-corrected chi connectivity index (χ3v) is 3.40. The summed E-state index contributed by atoms with van der Waals surface area (Å²) in [5, 5.41) is 5.12. The minimum absolute atomic E-state index is 0.119. The highest BCUT2D eigenvalue weighted by atomic mass is 32.1. The van der Waals surface area contributed by atoms with Gasteiger partial charge >= 0.3 is 0 Å². The Morgan fingerprint density at radius 2 is 2.25 bits per heavy atom. The van der Waals surface area contributed by atoms with E-state index < -0.39 is 0 Å². The number of aromatic nitrogens is 1. The van der Waals surface area contributed by atoms with E-state index in [9.17, 15) is 9.59 Å². The highest BCUT2D eigenvalue weighted by Gasteiger charge is 2.10. The van der Waals surface area contributed by atoms with Crippen LogP contribution in [0, 0.1) is 0 Å². The molecule has 1 aromatic heterocycles. The van der Waals surface area contributed by atoms with Crippen LogP contribution in [0.1, 0.15) is 15.9 Å². The number of carbonyl (C=O) groups excluding carboxylic acids is 2. The number of rotatable bonds is 6. The van der Waals surface area contributed by atoms with Crippen LogP contribution in [0.3, 0.4) is 0 Å². The van der Waals surface area contributed by atoms with Crippen LogP contribution in [0.15, 0.2) is 35.8 Å². The summed E-state index contributed by atoms with van der Waals surface area (Å²) >= 11 is 1.38. The fraction of sp³-hybridized carbons (Fsp3) is 0.214. The monoisotopic (exact) mass is 289 g/mol. The molecule has 0 bridgehead atoms. The SMILES string of the molecule is CN(CC(=O)Nc1nccs1)Cc1ccccc1C=O. The van der Waals surface area contributed by atoms with E-state index >= 15 is 0 Å². The maximum Gasteiger partial charge on any atom is 0.240 e. The number of thiazole rings is 1. The summed E-state index contributed by atoms with van der Waals surface area (Å²) in [6.45, 7) is 0.785. The number of nitrogens with one attached hydrogen (secondary N) is 1. The van der Waals surface area contributed by atoms with E-state index in [-0.39, 0.29) is 12.5 Å². The smallest absolute Gasteiger partial charge is 0.240 e. The minimum Gasteiger partial charge on any atom is -0.301 e. The summed E-state index contributed by atoms with van der Waals surface area (Å²) in [5.74, 6) is -0.119. The Balaban J connectivity index is 1.90. The van der Waals surface area contributed by atoms with E-state index in [2.05, 4.69) is 10.3 Å². The van der Waals surface area contributed by atoms with Gasteiger partial charge in [0.15, 0.2) is 5.13 Å². The van der Waals surface area contributed by atoms with Crippen molar-refractivity contribution in [1.29, 1.82) is 0 Å². The van der Waals surface area contributed by atoms with Crippen molar-refractivity contribution in [3.63, 3.8) is 0 Å². The van der Waals surface area contributed by atoms with Crippen LogP contribution < -0.4 is 5.32 Å². The summed E-state index contributed by atoms with van der Waals surface area (Å²) in [6.07, 6.45) is 2.48. The van der Waals surface area contributed by atoms with Crippen LogP contribution in [0.5, 0.6) is 0 Å². The number of aldehydes is 1. The molecule has 2 aromatic rings. The molecule has 0 unspecified atom stereocenters. The van der Waals surface area contributed by atoms with Crippen molar-refractivity contribution >= 4 is 28.7 Å². The third kappa shape index (κ3) is 3.97. The molecule has 0 fully saturated rings. The van der Waals surface area contributed by atoms with Gasteiger partial charge in [-0.1, -0.05) is 24.3 Å². The number of hydrogen-bond donors (Lipinski definition) is 1. The van der Waals surface area contributed by atoms with Gasteiger partial charge in [-0.25, -0.2) is 4.98 Å². The average molecular weight is 289 g/mol. The van der Waals surface area contributed by atoms with Gasteiger partial charge < -0.3 is 5.32 Å². The van der Waals surface area contributed by atoms with Gasteiger partial charge in [-0.15, -0.1) is 11.3 Å². The van der Waals surface area contributed by atoms with Gasteiger partial charge in [0.05, 0.1) is 6.54 Å². The molecule has 0 aliphatic heterocycles. The second-order valence-electron chi connectivity index (χ2n) is 4.37. The largest absolute Gasteiger partial charge is 0.301 e. The molecule has 0 saturated heterocycles. The fourth-order valence-corrected chi connectivity index (χ4v) is 2.37. The molecule has 1 aromatic carbocycles. The van der Waals surface area contributed by atoms with E-state index in [0.29, 0.717) is 17.2 Å². The first-order valence-electron chi connectivity index (χ1n) is 6.10. The van der Waals surface area contributed by atoms with E-state index in [0.717, 1.165) is 11.8 Å². The lowest BCUT2D eigenvalue weighted by molar-refractivity contribution is -0.117. The predicted molar refractivity (Wildman–Crippen MR) is 78.9 cm³/mol. The number of nitrogens with zero attached hydrogens (tertiary/aromatic N) is 2. The van der Waals surface area contributed by atoms with Crippen molar-refractivity contribution in [3.05, 3.63) is 47.0 Å². The molecule has 6 heteroatoms. The Hall–Kier alpha value is -2.05. The standard InChI is InChI=1S/C14H15N3O2S/c1-17(8-11-4-2-3-5-12(11)10-18)9-13(19)16-14-15-6-7-20-14/h2-7,10H,8-9H2,1H3,(H,15,16,19). The van der Waals surface area contributed by atoms with Gasteiger partial charge in [0.25, 0.3) is 0 Å². The molecule has 0 aliphatic carbocycles. The van der Waals surface area contributed by atoms with Crippen LogP contribution >= 0.6 is 11.3 Å². The molecule has 0 atom stereocenters. The van der Waals surface area contributed by atoms with Crippen LogP contribution in [0.4, 0.5) is 5.13 Å². The quantitative estimate of drug-likeness (QED) is 0.827. The number of likely N-dealkylation sites (N-methyl/N-ethyl adjacent to an activating group) is 1. The molecule has 0 spiro atoms. The summed E-state index contributed by atoms with van der Waals surface area (Å²) in [4.78, 5) is 28.6. The molecule has 0 aliphatic rings. The molecule has 2 rings (SSSR count). The fourth-order valence-electron chi connectivity index (χ4n) is 1.83. The molecule has 104 valence electrons. The Morgan fingerprint density at radius 1 is 1.45 bits per heavy atom. The topological polar surface area (TPSA) is 62.3 Å². The summed E-state index contributed by atoms with van der Waals surface area (Å²) in [5.41, 5.74) is 1.56. The van der Waals surface area contributed by atoms with Gasteiger partial charge in [0, 0.05) is 23.7 Å². The van der Waals surface area contributed by atoms with E-state index in [4.69, 9.17) is 0 Å². The van der Waals surface area contributed by atoms with Crippen molar-refractivity contribution < 1.29 is 9.59 Å². The van der Waals surface area contributed by atoms with Crippen LogP contribution in [-0.2, 0) is 11.3 Å². The Kier molecular flexibility index (Phi) is 4.97. The summed E-state index contributed by atoms with van der Waals surface area (Å²) in [7, 11) is 1.84. The second kappa shape index (κ2) is 6.93. The van der Waals surface area contributed by atoms with Crippen LogP contribution in [0.25, 0.3) is 0 Å². The van der Waals surface area contributed by atoms with Gasteiger partial charge in [0.1, 0.15) is 6.29 Å². The number of carbonyl (C=O) groups is 2.